The normalized spacial score (nSPS) is 13.7. The number of ether oxygens (including phenoxy) is 1. The summed E-state index contributed by atoms with van der Waals surface area (Å²) in [4.78, 5) is 30.4. The third-order valence-corrected chi connectivity index (χ3v) is 6.05. The molecule has 7 heteroatoms. The number of nitrogens with zero attached hydrogens (tertiary/aromatic N) is 2. The molecule has 0 radical (unpaired) electrons. The van der Waals surface area contributed by atoms with Gasteiger partial charge in [0, 0.05) is 48.9 Å². The van der Waals surface area contributed by atoms with Crippen molar-refractivity contribution in [1.29, 1.82) is 0 Å². The average Bonchev–Trinajstić information content (AvgIpc) is 3.27. The van der Waals surface area contributed by atoms with Gasteiger partial charge in [0.05, 0.1) is 7.11 Å². The number of para-hydroxylation sites is 1. The van der Waals surface area contributed by atoms with Crippen LogP contribution in [-0.4, -0.2) is 50.0 Å². The monoisotopic (exact) mass is 455 g/mol. The summed E-state index contributed by atoms with van der Waals surface area (Å²) in [6.45, 7) is 2.45. The van der Waals surface area contributed by atoms with Crippen molar-refractivity contribution in [2.45, 2.75) is 0 Å². The van der Waals surface area contributed by atoms with Crippen molar-refractivity contribution in [2.75, 3.05) is 43.5 Å². The molecule has 7 nitrogen and oxygen atoms in total. The van der Waals surface area contributed by atoms with E-state index in [4.69, 9.17) is 9.15 Å². The van der Waals surface area contributed by atoms with E-state index in [-0.39, 0.29) is 17.6 Å². The van der Waals surface area contributed by atoms with Gasteiger partial charge in [-0.15, -0.1) is 0 Å². The van der Waals surface area contributed by atoms with Crippen molar-refractivity contribution in [2.24, 2.45) is 0 Å². The molecule has 0 atom stereocenters. The molecule has 5 rings (SSSR count). The highest BCUT2D eigenvalue weighted by molar-refractivity contribution is 6.14. The summed E-state index contributed by atoms with van der Waals surface area (Å²) in [7, 11) is 1.65. The molecule has 4 aromatic rings. The summed E-state index contributed by atoms with van der Waals surface area (Å²) < 4.78 is 11.3. The Hall–Kier alpha value is -4.26. The molecule has 34 heavy (non-hydrogen) atoms. The molecule has 2 amide bonds. The smallest absolute Gasteiger partial charge is 0.291 e. The van der Waals surface area contributed by atoms with Gasteiger partial charge in [-0.2, -0.15) is 0 Å². The molecule has 0 spiro atoms. The van der Waals surface area contributed by atoms with E-state index >= 15 is 0 Å². The van der Waals surface area contributed by atoms with Gasteiger partial charge >= 0.3 is 0 Å². The number of hydrogen-bond donors (Lipinski definition) is 1. The maximum atomic E-state index is 13.5. The van der Waals surface area contributed by atoms with E-state index in [2.05, 4.69) is 10.2 Å². The first-order valence-corrected chi connectivity index (χ1v) is 11.2. The van der Waals surface area contributed by atoms with Crippen molar-refractivity contribution in [1.82, 2.24) is 4.90 Å². The first-order valence-electron chi connectivity index (χ1n) is 11.2. The molecule has 1 aliphatic rings. The zero-order chi connectivity index (χ0) is 23.5. The predicted octanol–water partition coefficient (Wildman–Crippen LogP) is 4.66. The molecule has 1 fully saturated rings. The Labute approximate surface area is 197 Å². The van der Waals surface area contributed by atoms with Crippen LogP contribution in [0.15, 0.2) is 83.3 Å². The molecule has 2 heterocycles. The Morgan fingerprint density at radius 1 is 0.882 bits per heavy atom. The number of hydrogen-bond acceptors (Lipinski definition) is 5. The number of furan rings is 1. The van der Waals surface area contributed by atoms with Gasteiger partial charge in [0.15, 0.2) is 0 Å². The molecule has 0 saturated carbocycles. The molecule has 0 unspecified atom stereocenters. The number of nitrogens with one attached hydrogen (secondary N) is 1. The zero-order valence-corrected chi connectivity index (χ0v) is 18.9. The number of piperazine rings is 1. The van der Waals surface area contributed by atoms with Crippen molar-refractivity contribution >= 4 is 34.2 Å². The summed E-state index contributed by atoms with van der Waals surface area (Å²) in [6.07, 6.45) is 0. The number of rotatable bonds is 5. The quantitative estimate of drug-likeness (QED) is 0.474. The van der Waals surface area contributed by atoms with Crippen LogP contribution in [0.3, 0.4) is 0 Å². The fourth-order valence-electron chi connectivity index (χ4n) is 4.21. The SMILES string of the molecule is COc1cccc(N2CCN(C(=O)c3oc4ccccc4c3NC(=O)c3ccccc3)CC2)c1. The van der Waals surface area contributed by atoms with Crippen LogP contribution < -0.4 is 15.0 Å². The number of anilines is 2. The fraction of sp³-hybridized carbons (Fsp3) is 0.185. The van der Waals surface area contributed by atoms with E-state index in [9.17, 15) is 9.59 Å². The molecule has 0 bridgehead atoms. The van der Waals surface area contributed by atoms with Crippen LogP contribution in [0.1, 0.15) is 20.9 Å². The van der Waals surface area contributed by atoms with E-state index in [0.717, 1.165) is 11.4 Å². The number of amides is 2. The van der Waals surface area contributed by atoms with Gasteiger partial charge in [-0.1, -0.05) is 36.4 Å². The highest BCUT2D eigenvalue weighted by Gasteiger charge is 2.29. The summed E-state index contributed by atoms with van der Waals surface area (Å²) in [6, 6.07) is 24.2. The van der Waals surface area contributed by atoms with Crippen molar-refractivity contribution in [3.8, 4) is 5.75 Å². The molecular weight excluding hydrogens is 430 g/mol. The number of methoxy groups -OCH3 is 1. The number of carbonyl (C=O) groups excluding carboxylic acids is 2. The first kappa shape index (κ1) is 21.6. The number of fused-ring (bicyclic) bond motifs is 1. The van der Waals surface area contributed by atoms with Crippen LogP contribution in [0.25, 0.3) is 11.0 Å². The lowest BCUT2D eigenvalue weighted by Crippen LogP contribution is -2.48. The van der Waals surface area contributed by atoms with Crippen molar-refractivity contribution in [3.05, 3.63) is 90.2 Å². The lowest BCUT2D eigenvalue weighted by molar-refractivity contribution is 0.0718. The Bertz CT molecular complexity index is 1320. The Balaban J connectivity index is 1.37. The van der Waals surface area contributed by atoms with Gasteiger partial charge in [-0.25, -0.2) is 0 Å². The Kier molecular flexibility index (Phi) is 5.91. The maximum absolute atomic E-state index is 13.5. The topological polar surface area (TPSA) is 75.0 Å². The highest BCUT2D eigenvalue weighted by Crippen LogP contribution is 2.33. The van der Waals surface area contributed by atoms with Gasteiger partial charge in [-0.05, 0) is 36.4 Å². The highest BCUT2D eigenvalue weighted by atomic mass is 16.5. The van der Waals surface area contributed by atoms with Gasteiger partial charge in [0.1, 0.15) is 17.0 Å². The van der Waals surface area contributed by atoms with E-state index in [1.807, 2.05) is 48.5 Å². The molecule has 1 aromatic heterocycles. The maximum Gasteiger partial charge on any atom is 0.291 e. The van der Waals surface area contributed by atoms with Crippen LogP contribution in [-0.2, 0) is 0 Å². The predicted molar refractivity (Wildman–Crippen MR) is 132 cm³/mol. The zero-order valence-electron chi connectivity index (χ0n) is 18.9. The summed E-state index contributed by atoms with van der Waals surface area (Å²) in [5, 5.41) is 3.61. The molecule has 1 saturated heterocycles. The van der Waals surface area contributed by atoms with Crippen molar-refractivity contribution in [3.63, 3.8) is 0 Å². The molecule has 1 N–H and O–H groups in total. The van der Waals surface area contributed by atoms with Gasteiger partial charge in [-0.3, -0.25) is 9.59 Å². The second-order valence-corrected chi connectivity index (χ2v) is 8.10. The van der Waals surface area contributed by atoms with Crippen LogP contribution in [0.2, 0.25) is 0 Å². The summed E-state index contributed by atoms with van der Waals surface area (Å²) in [5.74, 6) is 0.436. The molecule has 1 aliphatic heterocycles. The average molecular weight is 456 g/mol. The third kappa shape index (κ3) is 4.20. The van der Waals surface area contributed by atoms with E-state index in [1.54, 1.807) is 42.3 Å². The lowest BCUT2D eigenvalue weighted by atomic mass is 10.1. The minimum atomic E-state index is -0.288. The van der Waals surface area contributed by atoms with Crippen LogP contribution in [0.5, 0.6) is 5.75 Å². The van der Waals surface area contributed by atoms with E-state index in [1.165, 1.54) is 0 Å². The second kappa shape index (κ2) is 9.31. The minimum Gasteiger partial charge on any atom is -0.497 e. The van der Waals surface area contributed by atoms with Gasteiger partial charge in [0.25, 0.3) is 11.8 Å². The minimum absolute atomic E-state index is 0.153. The summed E-state index contributed by atoms with van der Waals surface area (Å²) in [5.41, 5.74) is 2.54. The molecule has 172 valence electrons. The summed E-state index contributed by atoms with van der Waals surface area (Å²) >= 11 is 0. The van der Waals surface area contributed by atoms with Crippen LogP contribution in [0, 0.1) is 0 Å². The van der Waals surface area contributed by atoms with Crippen LogP contribution in [0.4, 0.5) is 11.4 Å². The fourth-order valence-corrected chi connectivity index (χ4v) is 4.21. The number of benzene rings is 3. The number of carbonyl (C=O) groups is 2. The van der Waals surface area contributed by atoms with E-state index < -0.39 is 0 Å². The standard InChI is InChI=1S/C27H25N3O4/c1-33-21-11-7-10-20(18-21)29-14-16-30(17-15-29)27(32)25-24(22-12-5-6-13-23(22)34-25)28-26(31)19-8-3-2-4-9-19/h2-13,18H,14-17H2,1H3,(H,28,31). The Morgan fingerprint density at radius 2 is 1.62 bits per heavy atom. The Morgan fingerprint density at radius 3 is 2.38 bits per heavy atom. The largest absolute Gasteiger partial charge is 0.497 e. The third-order valence-electron chi connectivity index (χ3n) is 6.05. The van der Waals surface area contributed by atoms with Gasteiger partial charge in [0.2, 0.25) is 5.76 Å². The van der Waals surface area contributed by atoms with Crippen molar-refractivity contribution < 1.29 is 18.7 Å². The lowest BCUT2D eigenvalue weighted by Gasteiger charge is -2.36. The first-order chi connectivity index (χ1) is 16.6. The van der Waals surface area contributed by atoms with Gasteiger partial charge < -0.3 is 24.3 Å². The van der Waals surface area contributed by atoms with E-state index in [0.29, 0.717) is 48.4 Å². The molecule has 0 aliphatic carbocycles. The second-order valence-electron chi connectivity index (χ2n) is 8.10. The molecular formula is C27H25N3O4. The van der Waals surface area contributed by atoms with Crippen LogP contribution >= 0.6 is 0 Å². The molecule has 3 aromatic carbocycles.